The number of aliphatic hydroxyl groups excluding tert-OH is 1. The Bertz CT molecular complexity index is 702. The fourth-order valence-electron chi connectivity index (χ4n) is 2.73. The molecule has 2 aromatic carbocycles. The average molecular weight is 392 g/mol. The molecule has 2 aromatic rings. The van der Waals surface area contributed by atoms with Crippen LogP contribution in [0.1, 0.15) is 5.56 Å². The lowest BCUT2D eigenvalue weighted by molar-refractivity contribution is -0.142. The van der Waals surface area contributed by atoms with Crippen LogP contribution in [0.25, 0.3) is 11.1 Å². The number of nitrogens with one attached hydrogen (secondary N) is 1. The number of benzene rings is 2. The summed E-state index contributed by atoms with van der Waals surface area (Å²) < 4.78 is 6.70. The van der Waals surface area contributed by atoms with Crippen LogP contribution in [-0.4, -0.2) is 41.0 Å². The predicted molar refractivity (Wildman–Crippen MR) is 93.6 cm³/mol. The highest BCUT2D eigenvalue weighted by Gasteiger charge is 2.39. The van der Waals surface area contributed by atoms with Crippen molar-refractivity contribution in [2.75, 3.05) is 6.54 Å². The van der Waals surface area contributed by atoms with E-state index in [2.05, 4.69) is 21.2 Å². The molecule has 0 radical (unpaired) electrons. The number of carboxylic acids is 1. The van der Waals surface area contributed by atoms with Crippen molar-refractivity contribution in [1.82, 2.24) is 5.32 Å². The summed E-state index contributed by atoms with van der Waals surface area (Å²) in [5, 5.41) is 21.7. The third-order valence-corrected chi connectivity index (χ3v) is 4.65. The first kappa shape index (κ1) is 17.1. The highest BCUT2D eigenvalue weighted by atomic mass is 79.9. The van der Waals surface area contributed by atoms with E-state index in [0.29, 0.717) is 13.2 Å². The van der Waals surface area contributed by atoms with Gasteiger partial charge in [0.1, 0.15) is 12.1 Å². The maximum absolute atomic E-state index is 10.9. The van der Waals surface area contributed by atoms with Crippen LogP contribution in [0.2, 0.25) is 0 Å². The van der Waals surface area contributed by atoms with Crippen LogP contribution in [0, 0.1) is 0 Å². The molecule has 1 aliphatic rings. The van der Waals surface area contributed by atoms with Gasteiger partial charge in [0.05, 0.1) is 12.7 Å². The number of hydrogen-bond acceptors (Lipinski definition) is 4. The van der Waals surface area contributed by atoms with E-state index in [1.807, 2.05) is 48.5 Å². The van der Waals surface area contributed by atoms with Crippen molar-refractivity contribution in [3.05, 3.63) is 58.6 Å². The Kier molecular flexibility index (Phi) is 5.30. The number of carboxylic acid groups (broad SMARTS) is 1. The standard InChI is InChI=1S/C18H18BrNO4/c19-14-7-5-13(6-8-14)12-3-1-11(2-4-12)10-24-15-9-20-16(17(15)21)18(22)23/h1-8,15-17,20-21H,9-10H2,(H,22,23)/t15-,16+,17+/m0/s1. The Balaban J connectivity index is 1.59. The molecule has 1 heterocycles. The molecule has 0 bridgehead atoms. The van der Waals surface area contributed by atoms with Crippen LogP contribution in [0.3, 0.4) is 0 Å². The van der Waals surface area contributed by atoms with Crippen molar-refractivity contribution in [1.29, 1.82) is 0 Å². The summed E-state index contributed by atoms with van der Waals surface area (Å²) in [4.78, 5) is 10.9. The molecular formula is C18H18BrNO4. The number of hydrogen-bond donors (Lipinski definition) is 3. The molecule has 0 saturated carbocycles. The second-order valence-corrected chi connectivity index (χ2v) is 6.68. The van der Waals surface area contributed by atoms with Gasteiger partial charge in [-0.05, 0) is 28.8 Å². The third-order valence-electron chi connectivity index (χ3n) is 4.12. The van der Waals surface area contributed by atoms with E-state index in [4.69, 9.17) is 9.84 Å². The Morgan fingerprint density at radius 1 is 1.12 bits per heavy atom. The molecule has 1 aliphatic heterocycles. The zero-order valence-corrected chi connectivity index (χ0v) is 14.4. The first-order chi connectivity index (χ1) is 11.5. The maximum atomic E-state index is 10.9. The summed E-state index contributed by atoms with van der Waals surface area (Å²) >= 11 is 3.42. The van der Waals surface area contributed by atoms with Crippen molar-refractivity contribution in [3.63, 3.8) is 0 Å². The van der Waals surface area contributed by atoms with Gasteiger partial charge in [0.25, 0.3) is 0 Å². The summed E-state index contributed by atoms with van der Waals surface area (Å²) in [5.74, 6) is -1.06. The van der Waals surface area contributed by atoms with Gasteiger partial charge in [0, 0.05) is 11.0 Å². The smallest absolute Gasteiger partial charge is 0.323 e. The topological polar surface area (TPSA) is 78.8 Å². The first-order valence-corrected chi connectivity index (χ1v) is 8.44. The van der Waals surface area contributed by atoms with Crippen molar-refractivity contribution in [3.8, 4) is 11.1 Å². The lowest BCUT2D eigenvalue weighted by Gasteiger charge is -2.16. The zero-order chi connectivity index (χ0) is 17.1. The lowest BCUT2D eigenvalue weighted by Crippen LogP contribution is -2.40. The molecule has 6 heteroatoms. The second kappa shape index (κ2) is 7.44. The van der Waals surface area contributed by atoms with Crippen LogP contribution >= 0.6 is 15.9 Å². The van der Waals surface area contributed by atoms with Crippen molar-refractivity contribution >= 4 is 21.9 Å². The molecule has 5 nitrogen and oxygen atoms in total. The van der Waals surface area contributed by atoms with E-state index in [-0.39, 0.29) is 0 Å². The highest BCUT2D eigenvalue weighted by Crippen LogP contribution is 2.22. The average Bonchev–Trinajstić information content (AvgIpc) is 2.95. The minimum atomic E-state index is -1.06. The van der Waals surface area contributed by atoms with E-state index in [1.54, 1.807) is 0 Å². The number of halogens is 1. The molecule has 1 saturated heterocycles. The molecule has 0 unspecified atom stereocenters. The molecule has 126 valence electrons. The summed E-state index contributed by atoms with van der Waals surface area (Å²) in [7, 11) is 0. The summed E-state index contributed by atoms with van der Waals surface area (Å²) in [6.45, 7) is 0.658. The van der Waals surface area contributed by atoms with Crippen LogP contribution in [0.15, 0.2) is 53.0 Å². The monoisotopic (exact) mass is 391 g/mol. The first-order valence-electron chi connectivity index (χ1n) is 7.65. The number of carbonyl (C=O) groups is 1. The van der Waals surface area contributed by atoms with Gasteiger partial charge in [0.15, 0.2) is 0 Å². The zero-order valence-electron chi connectivity index (χ0n) is 12.9. The lowest BCUT2D eigenvalue weighted by atomic mass is 10.0. The van der Waals surface area contributed by atoms with Gasteiger partial charge in [-0.3, -0.25) is 10.1 Å². The fraction of sp³-hybridized carbons (Fsp3) is 0.278. The van der Waals surface area contributed by atoms with E-state index in [1.165, 1.54) is 0 Å². The summed E-state index contributed by atoms with van der Waals surface area (Å²) in [6.07, 6.45) is -1.55. The Morgan fingerprint density at radius 3 is 2.25 bits per heavy atom. The summed E-state index contributed by atoms with van der Waals surface area (Å²) in [6, 6.07) is 15.1. The van der Waals surface area contributed by atoms with E-state index < -0.39 is 24.2 Å². The molecule has 0 aliphatic carbocycles. The van der Waals surface area contributed by atoms with Crippen LogP contribution in [-0.2, 0) is 16.1 Å². The number of rotatable bonds is 5. The third kappa shape index (κ3) is 3.84. The minimum absolute atomic E-state index is 0.328. The van der Waals surface area contributed by atoms with E-state index >= 15 is 0 Å². The van der Waals surface area contributed by atoms with Crippen molar-refractivity contribution in [2.45, 2.75) is 24.9 Å². The molecule has 3 atom stereocenters. The molecule has 3 rings (SSSR count). The predicted octanol–water partition coefficient (Wildman–Crippen LogP) is 2.42. The van der Waals surface area contributed by atoms with E-state index in [0.717, 1.165) is 21.2 Å². The van der Waals surface area contributed by atoms with Crippen LogP contribution < -0.4 is 5.32 Å². The Labute approximate surface area is 148 Å². The maximum Gasteiger partial charge on any atom is 0.323 e. The van der Waals surface area contributed by atoms with Gasteiger partial charge in [-0.15, -0.1) is 0 Å². The molecule has 0 aromatic heterocycles. The largest absolute Gasteiger partial charge is 0.480 e. The molecule has 3 N–H and O–H groups in total. The fourth-order valence-corrected chi connectivity index (χ4v) is 2.99. The highest BCUT2D eigenvalue weighted by molar-refractivity contribution is 9.10. The van der Waals surface area contributed by atoms with Gasteiger partial charge in [-0.25, -0.2) is 0 Å². The summed E-state index contributed by atoms with van der Waals surface area (Å²) in [5.41, 5.74) is 3.21. The quantitative estimate of drug-likeness (QED) is 0.729. The SMILES string of the molecule is O=C(O)[C@@H]1NC[C@H](OCc2ccc(-c3ccc(Br)cc3)cc2)[C@H]1O. The number of ether oxygens (including phenoxy) is 1. The molecular weight excluding hydrogens is 374 g/mol. The molecule has 0 spiro atoms. The van der Waals surface area contributed by atoms with Crippen molar-refractivity contribution < 1.29 is 19.7 Å². The minimum Gasteiger partial charge on any atom is -0.480 e. The van der Waals surface area contributed by atoms with Crippen molar-refractivity contribution in [2.24, 2.45) is 0 Å². The molecule has 24 heavy (non-hydrogen) atoms. The second-order valence-electron chi connectivity index (χ2n) is 5.77. The number of aliphatic hydroxyl groups is 1. The van der Waals surface area contributed by atoms with Crippen LogP contribution in [0.5, 0.6) is 0 Å². The van der Waals surface area contributed by atoms with E-state index in [9.17, 15) is 9.90 Å². The molecule has 1 fully saturated rings. The Morgan fingerprint density at radius 2 is 1.71 bits per heavy atom. The van der Waals surface area contributed by atoms with Gasteiger partial charge < -0.3 is 14.9 Å². The van der Waals surface area contributed by atoms with Gasteiger partial charge in [-0.1, -0.05) is 52.3 Å². The van der Waals surface area contributed by atoms with Gasteiger partial charge >= 0.3 is 5.97 Å². The van der Waals surface area contributed by atoms with Gasteiger partial charge in [-0.2, -0.15) is 0 Å². The number of aliphatic carboxylic acids is 1. The van der Waals surface area contributed by atoms with Crippen LogP contribution in [0.4, 0.5) is 0 Å². The Hall–Kier alpha value is -1.73. The van der Waals surface area contributed by atoms with Gasteiger partial charge in [0.2, 0.25) is 0 Å². The molecule has 0 amide bonds. The normalized spacial score (nSPS) is 23.3.